The van der Waals surface area contributed by atoms with Crippen molar-refractivity contribution in [2.45, 2.75) is 31.0 Å². The fraction of sp³-hybridized carbons (Fsp3) is 0.389. The number of aliphatic hydroxyl groups is 1. The Labute approximate surface area is 172 Å². The van der Waals surface area contributed by atoms with E-state index in [-0.39, 0.29) is 6.42 Å². The minimum Gasteiger partial charge on any atom is -0.480 e. The molecule has 3 atom stereocenters. The summed E-state index contributed by atoms with van der Waals surface area (Å²) < 4.78 is 0. The van der Waals surface area contributed by atoms with E-state index in [1.807, 2.05) is 0 Å². The van der Waals surface area contributed by atoms with E-state index in [4.69, 9.17) is 21.7 Å². The zero-order valence-corrected chi connectivity index (χ0v) is 16.0. The SMILES string of the molecule is NC(=O)CC(NC(=O)C(Cc1ccccc1)NC(=O)CNC(=O)C(N)CO)C(=O)O. The average Bonchev–Trinajstić information content (AvgIpc) is 2.70. The molecule has 164 valence electrons. The Kier molecular flexibility index (Phi) is 9.92. The van der Waals surface area contributed by atoms with Gasteiger partial charge in [0, 0.05) is 6.42 Å². The average molecular weight is 423 g/mol. The molecule has 0 saturated carbocycles. The minimum absolute atomic E-state index is 0.0193. The minimum atomic E-state index is -1.56. The number of carboxylic acid groups (broad SMARTS) is 1. The smallest absolute Gasteiger partial charge is 0.326 e. The van der Waals surface area contributed by atoms with E-state index in [0.717, 1.165) is 0 Å². The second kappa shape index (κ2) is 12.1. The van der Waals surface area contributed by atoms with Gasteiger partial charge in [0.15, 0.2) is 0 Å². The van der Waals surface area contributed by atoms with Crippen LogP contribution in [0.25, 0.3) is 0 Å². The molecule has 0 aromatic heterocycles. The molecule has 3 unspecified atom stereocenters. The molecule has 0 spiro atoms. The lowest BCUT2D eigenvalue weighted by Crippen LogP contribution is -2.55. The Bertz CT molecular complexity index is 771. The molecule has 0 saturated heterocycles. The summed E-state index contributed by atoms with van der Waals surface area (Å²) in [5, 5.41) is 24.8. The number of carbonyl (C=O) groups excluding carboxylic acids is 4. The molecule has 0 bridgehead atoms. The Morgan fingerprint density at radius 2 is 1.60 bits per heavy atom. The number of hydrogen-bond acceptors (Lipinski definition) is 7. The van der Waals surface area contributed by atoms with Gasteiger partial charge in [0.2, 0.25) is 23.6 Å². The van der Waals surface area contributed by atoms with Crippen molar-refractivity contribution in [1.82, 2.24) is 16.0 Å². The highest BCUT2D eigenvalue weighted by Gasteiger charge is 2.28. The molecular weight excluding hydrogens is 398 g/mol. The van der Waals surface area contributed by atoms with Crippen LogP contribution in [0.4, 0.5) is 0 Å². The fourth-order valence-corrected chi connectivity index (χ4v) is 2.36. The van der Waals surface area contributed by atoms with Crippen LogP contribution in [0.2, 0.25) is 0 Å². The molecule has 4 amide bonds. The lowest BCUT2D eigenvalue weighted by atomic mass is 10.0. The predicted octanol–water partition coefficient (Wildman–Crippen LogP) is -3.41. The number of carboxylic acids is 1. The van der Waals surface area contributed by atoms with Gasteiger partial charge in [-0.05, 0) is 5.56 Å². The number of aliphatic hydroxyl groups excluding tert-OH is 1. The van der Waals surface area contributed by atoms with Crippen molar-refractivity contribution in [1.29, 1.82) is 0 Å². The van der Waals surface area contributed by atoms with Crippen molar-refractivity contribution < 1.29 is 34.2 Å². The van der Waals surface area contributed by atoms with E-state index in [2.05, 4.69) is 16.0 Å². The molecule has 0 aliphatic heterocycles. The summed E-state index contributed by atoms with van der Waals surface area (Å²) in [6.45, 7) is -1.13. The van der Waals surface area contributed by atoms with Crippen LogP contribution in [0.1, 0.15) is 12.0 Å². The monoisotopic (exact) mass is 423 g/mol. The third kappa shape index (κ3) is 8.67. The Hall–Kier alpha value is -3.51. The van der Waals surface area contributed by atoms with Crippen LogP contribution in [-0.4, -0.2) is 71.1 Å². The van der Waals surface area contributed by atoms with Gasteiger partial charge in [-0.15, -0.1) is 0 Å². The first-order valence-electron chi connectivity index (χ1n) is 8.93. The van der Waals surface area contributed by atoms with Crippen molar-refractivity contribution in [2.75, 3.05) is 13.2 Å². The van der Waals surface area contributed by atoms with Crippen molar-refractivity contribution in [3.63, 3.8) is 0 Å². The second-order valence-corrected chi connectivity index (χ2v) is 6.39. The summed E-state index contributed by atoms with van der Waals surface area (Å²) in [5.74, 6) is -4.74. The lowest BCUT2D eigenvalue weighted by Gasteiger charge is -2.21. The summed E-state index contributed by atoms with van der Waals surface area (Å²) >= 11 is 0. The van der Waals surface area contributed by atoms with Gasteiger partial charge in [0.25, 0.3) is 0 Å². The van der Waals surface area contributed by atoms with E-state index in [1.54, 1.807) is 30.3 Å². The van der Waals surface area contributed by atoms with Crippen LogP contribution in [0.3, 0.4) is 0 Å². The molecule has 1 rings (SSSR count). The normalized spacial score (nSPS) is 13.4. The van der Waals surface area contributed by atoms with Gasteiger partial charge in [-0.3, -0.25) is 19.2 Å². The first-order chi connectivity index (χ1) is 14.1. The zero-order chi connectivity index (χ0) is 22.7. The number of rotatable bonds is 12. The number of nitrogens with one attached hydrogen (secondary N) is 3. The van der Waals surface area contributed by atoms with Crippen LogP contribution in [-0.2, 0) is 30.4 Å². The molecule has 1 aromatic rings. The van der Waals surface area contributed by atoms with Crippen LogP contribution < -0.4 is 27.4 Å². The maximum Gasteiger partial charge on any atom is 0.326 e. The van der Waals surface area contributed by atoms with E-state index >= 15 is 0 Å². The molecule has 9 N–H and O–H groups in total. The standard InChI is InChI=1S/C18H25N5O7/c19-11(9-24)16(27)21-8-15(26)22-12(6-10-4-2-1-3-5-10)17(28)23-13(18(29)30)7-14(20)25/h1-5,11-13,24H,6-9,19H2,(H2,20,25)(H,21,27)(H,22,26)(H,23,28)(H,29,30). The van der Waals surface area contributed by atoms with Crippen molar-refractivity contribution >= 4 is 29.6 Å². The van der Waals surface area contributed by atoms with E-state index < -0.39 is 67.3 Å². The summed E-state index contributed by atoms with van der Waals surface area (Å²) in [6, 6.07) is 4.63. The Morgan fingerprint density at radius 1 is 0.967 bits per heavy atom. The number of carbonyl (C=O) groups is 5. The molecule has 0 fully saturated rings. The maximum atomic E-state index is 12.6. The van der Waals surface area contributed by atoms with Crippen molar-refractivity contribution in [2.24, 2.45) is 11.5 Å². The zero-order valence-electron chi connectivity index (χ0n) is 16.0. The molecule has 12 nitrogen and oxygen atoms in total. The second-order valence-electron chi connectivity index (χ2n) is 6.39. The van der Waals surface area contributed by atoms with Gasteiger partial charge in [0.1, 0.15) is 18.1 Å². The molecule has 30 heavy (non-hydrogen) atoms. The Balaban J connectivity index is 2.86. The van der Waals surface area contributed by atoms with E-state index in [1.165, 1.54) is 0 Å². The van der Waals surface area contributed by atoms with Crippen LogP contribution in [0.5, 0.6) is 0 Å². The largest absolute Gasteiger partial charge is 0.480 e. The van der Waals surface area contributed by atoms with Crippen LogP contribution in [0.15, 0.2) is 30.3 Å². The first-order valence-corrected chi connectivity index (χ1v) is 8.93. The summed E-state index contributed by atoms with van der Waals surface area (Å²) in [5.41, 5.74) is 11.0. The lowest BCUT2D eigenvalue weighted by molar-refractivity contribution is -0.143. The molecule has 1 aromatic carbocycles. The highest BCUT2D eigenvalue weighted by atomic mass is 16.4. The fourth-order valence-electron chi connectivity index (χ4n) is 2.36. The highest BCUT2D eigenvalue weighted by molar-refractivity contribution is 5.93. The summed E-state index contributed by atoms with van der Waals surface area (Å²) in [4.78, 5) is 58.6. The van der Waals surface area contributed by atoms with Gasteiger partial charge in [-0.1, -0.05) is 30.3 Å². The highest BCUT2D eigenvalue weighted by Crippen LogP contribution is 2.05. The number of aliphatic carboxylic acids is 1. The predicted molar refractivity (Wildman–Crippen MR) is 104 cm³/mol. The Morgan fingerprint density at radius 3 is 2.13 bits per heavy atom. The van der Waals surface area contributed by atoms with Gasteiger partial charge < -0.3 is 37.6 Å². The number of hydrogen-bond donors (Lipinski definition) is 7. The maximum absolute atomic E-state index is 12.6. The number of amides is 4. The quantitative estimate of drug-likeness (QED) is 0.179. The molecule has 0 radical (unpaired) electrons. The van der Waals surface area contributed by atoms with Crippen molar-refractivity contribution in [3.05, 3.63) is 35.9 Å². The third-order valence-corrected chi connectivity index (χ3v) is 3.91. The number of primary amides is 1. The number of benzene rings is 1. The molecule has 12 heteroatoms. The first kappa shape index (κ1) is 24.5. The third-order valence-electron chi connectivity index (χ3n) is 3.91. The summed E-state index contributed by atoms with van der Waals surface area (Å²) in [7, 11) is 0. The van der Waals surface area contributed by atoms with Crippen molar-refractivity contribution in [3.8, 4) is 0 Å². The molecule has 0 heterocycles. The molecule has 0 aliphatic rings. The van der Waals surface area contributed by atoms with Gasteiger partial charge in [-0.25, -0.2) is 4.79 Å². The summed E-state index contributed by atoms with van der Waals surface area (Å²) in [6.07, 6.45) is -0.604. The van der Waals surface area contributed by atoms with Gasteiger partial charge in [-0.2, -0.15) is 0 Å². The van der Waals surface area contributed by atoms with E-state index in [0.29, 0.717) is 5.56 Å². The molecule has 0 aliphatic carbocycles. The molecular formula is C18H25N5O7. The van der Waals surface area contributed by atoms with Gasteiger partial charge >= 0.3 is 5.97 Å². The van der Waals surface area contributed by atoms with Gasteiger partial charge in [0.05, 0.1) is 19.6 Å². The topological polar surface area (TPSA) is 214 Å². The number of nitrogens with two attached hydrogens (primary N) is 2. The van der Waals surface area contributed by atoms with E-state index in [9.17, 15) is 24.0 Å². The van der Waals surface area contributed by atoms with Crippen LogP contribution in [0, 0.1) is 0 Å². The van der Waals surface area contributed by atoms with Crippen LogP contribution >= 0.6 is 0 Å².